The first-order chi connectivity index (χ1) is 14.7. The zero-order chi connectivity index (χ0) is 22.8. The first kappa shape index (κ1) is 23.7. The summed E-state index contributed by atoms with van der Waals surface area (Å²) in [5.74, 6) is -2.41. The fraction of sp³-hybridized carbons (Fsp3) is 0.714. The number of carbonyl (C=O) groups is 4. The molecular formula is C21H30N2O7S. The summed E-state index contributed by atoms with van der Waals surface area (Å²) in [7, 11) is 1.19. The number of esters is 1. The number of hydrogen-bond acceptors (Lipinski definition) is 8. The van der Waals surface area contributed by atoms with Crippen LogP contribution < -0.4 is 10.6 Å². The molecule has 31 heavy (non-hydrogen) atoms. The van der Waals surface area contributed by atoms with Crippen LogP contribution in [0.25, 0.3) is 0 Å². The van der Waals surface area contributed by atoms with Gasteiger partial charge in [0.15, 0.2) is 5.54 Å². The predicted octanol–water partition coefficient (Wildman–Crippen LogP) is 0.305. The maximum absolute atomic E-state index is 13.7. The number of aliphatic hydroxyl groups is 1. The van der Waals surface area contributed by atoms with Gasteiger partial charge in [-0.2, -0.15) is 0 Å². The van der Waals surface area contributed by atoms with Crippen LogP contribution in [0.15, 0.2) is 12.2 Å². The average Bonchev–Trinajstić information content (AvgIpc) is 3.25. The lowest BCUT2D eigenvalue weighted by molar-refractivity contribution is -0.144. The summed E-state index contributed by atoms with van der Waals surface area (Å²) in [6.45, 7) is 3.28. The molecule has 3 rings (SSSR count). The van der Waals surface area contributed by atoms with E-state index in [4.69, 9.17) is 9.47 Å². The third-order valence-electron chi connectivity index (χ3n) is 6.60. The molecule has 2 aliphatic heterocycles. The SMILES string of the molecule is COC(=O)C(CSC(=O)C1(C(O)C2C=CCCC2)NC(=O)[C@@H]2CCO[C@@]21C)NC(C)=O. The van der Waals surface area contributed by atoms with Gasteiger partial charge in [-0.1, -0.05) is 23.9 Å². The number of carbonyl (C=O) groups excluding carboxylic acids is 4. The first-order valence-corrected chi connectivity index (χ1v) is 11.5. The molecule has 6 atom stereocenters. The molecule has 2 saturated heterocycles. The Balaban J connectivity index is 1.91. The predicted molar refractivity (Wildman–Crippen MR) is 113 cm³/mol. The van der Waals surface area contributed by atoms with E-state index in [1.807, 2.05) is 12.2 Å². The second-order valence-electron chi connectivity index (χ2n) is 8.44. The number of allylic oxidation sites excluding steroid dienone is 1. The van der Waals surface area contributed by atoms with Gasteiger partial charge in [0.2, 0.25) is 16.9 Å². The topological polar surface area (TPSA) is 131 Å². The van der Waals surface area contributed by atoms with Crippen LogP contribution in [-0.4, -0.2) is 70.8 Å². The lowest BCUT2D eigenvalue weighted by Crippen LogP contribution is -2.69. The van der Waals surface area contributed by atoms with Crippen molar-refractivity contribution in [2.75, 3.05) is 19.5 Å². The summed E-state index contributed by atoms with van der Waals surface area (Å²) in [5.41, 5.74) is -2.88. The number of fused-ring (bicyclic) bond motifs is 1. The van der Waals surface area contributed by atoms with E-state index in [2.05, 4.69) is 10.6 Å². The summed E-state index contributed by atoms with van der Waals surface area (Å²) in [5, 5.41) is 16.2. The Morgan fingerprint density at radius 1 is 1.42 bits per heavy atom. The maximum Gasteiger partial charge on any atom is 0.329 e. The van der Waals surface area contributed by atoms with E-state index in [-0.39, 0.29) is 17.6 Å². The van der Waals surface area contributed by atoms with Crippen LogP contribution in [0.2, 0.25) is 0 Å². The number of methoxy groups -OCH3 is 1. The number of rotatable bonds is 7. The molecule has 0 saturated carbocycles. The van der Waals surface area contributed by atoms with Crippen LogP contribution in [-0.2, 0) is 28.7 Å². The third kappa shape index (κ3) is 4.12. The van der Waals surface area contributed by atoms with Gasteiger partial charge in [-0.05, 0) is 32.6 Å². The molecule has 2 heterocycles. The molecule has 172 valence electrons. The highest BCUT2D eigenvalue weighted by atomic mass is 32.2. The quantitative estimate of drug-likeness (QED) is 0.370. The molecule has 2 fully saturated rings. The van der Waals surface area contributed by atoms with Crippen molar-refractivity contribution in [1.29, 1.82) is 0 Å². The van der Waals surface area contributed by atoms with Gasteiger partial charge < -0.3 is 25.2 Å². The highest BCUT2D eigenvalue weighted by molar-refractivity contribution is 8.13. The number of nitrogens with one attached hydrogen (secondary N) is 2. The number of aliphatic hydroxyl groups excluding tert-OH is 1. The number of ether oxygens (including phenoxy) is 2. The normalized spacial score (nSPS) is 33.9. The molecule has 0 aromatic rings. The largest absolute Gasteiger partial charge is 0.467 e. The van der Waals surface area contributed by atoms with Crippen molar-refractivity contribution in [3.8, 4) is 0 Å². The fourth-order valence-corrected chi connectivity index (χ4v) is 6.07. The highest BCUT2D eigenvalue weighted by Gasteiger charge is 2.71. The Morgan fingerprint density at radius 2 is 2.16 bits per heavy atom. The molecule has 3 aliphatic rings. The molecule has 0 radical (unpaired) electrons. The van der Waals surface area contributed by atoms with Gasteiger partial charge in [-0.15, -0.1) is 0 Å². The fourth-order valence-electron chi connectivity index (χ4n) is 4.93. The van der Waals surface area contributed by atoms with Crippen molar-refractivity contribution >= 4 is 34.7 Å². The van der Waals surface area contributed by atoms with E-state index in [1.165, 1.54) is 14.0 Å². The Hall–Kier alpha value is -1.91. The maximum atomic E-state index is 13.7. The molecule has 4 unspecified atom stereocenters. The zero-order valence-corrected chi connectivity index (χ0v) is 18.8. The van der Waals surface area contributed by atoms with Gasteiger partial charge in [0.1, 0.15) is 11.6 Å². The van der Waals surface area contributed by atoms with Crippen molar-refractivity contribution < 1.29 is 33.8 Å². The molecule has 0 spiro atoms. The van der Waals surface area contributed by atoms with Crippen molar-refractivity contribution in [2.45, 2.75) is 62.8 Å². The van der Waals surface area contributed by atoms with E-state index in [9.17, 15) is 24.3 Å². The van der Waals surface area contributed by atoms with Gasteiger partial charge >= 0.3 is 5.97 Å². The third-order valence-corrected chi connectivity index (χ3v) is 7.68. The molecule has 0 aromatic carbocycles. The van der Waals surface area contributed by atoms with E-state index < -0.39 is 46.2 Å². The standard InChI is InChI=1S/C21H30N2O7S/c1-12(24)22-15(18(27)29-3)11-31-19(28)21(16(25)13-7-5-4-6-8-13)20(2)14(9-10-30-20)17(26)23-21/h5,7,13-16,25H,4,6,8-11H2,1-3H3,(H,22,24)(H,23,26)/t13?,14-,15?,16?,20-,21?/m0/s1. The molecule has 1 aliphatic carbocycles. The molecular weight excluding hydrogens is 424 g/mol. The lowest BCUT2D eigenvalue weighted by Gasteiger charge is -2.45. The van der Waals surface area contributed by atoms with Crippen LogP contribution in [0.1, 0.15) is 39.5 Å². The van der Waals surface area contributed by atoms with Crippen molar-refractivity contribution in [2.24, 2.45) is 11.8 Å². The molecule has 3 N–H and O–H groups in total. The van der Waals surface area contributed by atoms with Crippen molar-refractivity contribution in [1.82, 2.24) is 10.6 Å². The Bertz CT molecular complexity index is 788. The Labute approximate surface area is 185 Å². The van der Waals surface area contributed by atoms with Crippen molar-refractivity contribution in [3.63, 3.8) is 0 Å². The van der Waals surface area contributed by atoms with Gasteiger partial charge in [0.25, 0.3) is 0 Å². The Morgan fingerprint density at radius 3 is 2.77 bits per heavy atom. The number of hydrogen-bond donors (Lipinski definition) is 3. The zero-order valence-electron chi connectivity index (χ0n) is 18.0. The van der Waals surface area contributed by atoms with Gasteiger partial charge in [0.05, 0.1) is 19.1 Å². The summed E-state index contributed by atoms with van der Waals surface area (Å²) < 4.78 is 10.7. The summed E-state index contributed by atoms with van der Waals surface area (Å²) >= 11 is 0.775. The van der Waals surface area contributed by atoms with Crippen LogP contribution in [0, 0.1) is 11.8 Å². The second kappa shape index (κ2) is 9.30. The smallest absolute Gasteiger partial charge is 0.329 e. The number of amides is 2. The van der Waals surface area contributed by atoms with Crippen molar-refractivity contribution in [3.05, 3.63) is 12.2 Å². The van der Waals surface area contributed by atoms with Crippen LogP contribution in [0.4, 0.5) is 0 Å². The number of thioether (sulfide) groups is 1. The minimum absolute atomic E-state index is 0.101. The van der Waals surface area contributed by atoms with E-state index in [0.717, 1.165) is 24.6 Å². The van der Waals surface area contributed by atoms with Crippen LogP contribution >= 0.6 is 11.8 Å². The second-order valence-corrected chi connectivity index (χ2v) is 9.43. The summed E-state index contributed by atoms with van der Waals surface area (Å²) in [6, 6.07) is -1.04. The van der Waals surface area contributed by atoms with Gasteiger partial charge in [0, 0.05) is 25.2 Å². The molecule has 2 amide bonds. The molecule has 10 heteroatoms. The molecule has 9 nitrogen and oxygen atoms in total. The van der Waals surface area contributed by atoms with E-state index in [0.29, 0.717) is 19.4 Å². The summed E-state index contributed by atoms with van der Waals surface area (Å²) in [4.78, 5) is 49.9. The molecule has 0 bridgehead atoms. The Kier molecular flexibility index (Phi) is 7.12. The highest BCUT2D eigenvalue weighted by Crippen LogP contribution is 2.51. The monoisotopic (exact) mass is 454 g/mol. The summed E-state index contributed by atoms with van der Waals surface area (Å²) in [6.07, 6.45) is 5.59. The van der Waals surface area contributed by atoms with Crippen LogP contribution in [0.3, 0.4) is 0 Å². The minimum atomic E-state index is -1.67. The lowest BCUT2D eigenvalue weighted by atomic mass is 9.69. The van der Waals surface area contributed by atoms with Gasteiger partial charge in [-0.3, -0.25) is 14.4 Å². The van der Waals surface area contributed by atoms with E-state index >= 15 is 0 Å². The first-order valence-electron chi connectivity index (χ1n) is 10.5. The minimum Gasteiger partial charge on any atom is -0.467 e. The van der Waals surface area contributed by atoms with Crippen LogP contribution in [0.5, 0.6) is 0 Å². The average molecular weight is 455 g/mol. The van der Waals surface area contributed by atoms with E-state index in [1.54, 1.807) is 6.92 Å². The molecule has 0 aromatic heterocycles. The van der Waals surface area contributed by atoms with Gasteiger partial charge in [-0.25, -0.2) is 4.79 Å².